The molecule has 1 aliphatic heterocycles. The standard InChI is InChI=1S/C21H14Cl2N2O3S/c1-25(12-5-7-13(26)8-6-12)21-24-20(27)18(29-21)11-14-9-10-17(28-14)19-15(22)3-2-4-16(19)23/h2-11,26H,1H3/b18-11-. The second-order valence-electron chi connectivity index (χ2n) is 6.18. The first-order valence-electron chi connectivity index (χ1n) is 8.52. The Kier molecular flexibility index (Phi) is 5.41. The zero-order valence-corrected chi connectivity index (χ0v) is 17.4. The van der Waals surface area contributed by atoms with E-state index in [4.69, 9.17) is 27.6 Å². The number of nitrogens with zero attached hydrogens (tertiary/aromatic N) is 2. The van der Waals surface area contributed by atoms with E-state index in [9.17, 15) is 9.90 Å². The number of thioether (sulfide) groups is 1. The first kappa shape index (κ1) is 19.6. The SMILES string of the molecule is CN(C1=NC(=O)/C(=C/c2ccc(-c3c(Cl)cccc3Cl)o2)S1)c1ccc(O)cc1. The van der Waals surface area contributed by atoms with Crippen molar-refractivity contribution in [2.24, 2.45) is 4.99 Å². The van der Waals surface area contributed by atoms with Crippen molar-refractivity contribution in [2.45, 2.75) is 0 Å². The molecule has 1 aliphatic rings. The van der Waals surface area contributed by atoms with E-state index in [0.717, 1.165) is 5.69 Å². The van der Waals surface area contributed by atoms with Gasteiger partial charge in [-0.2, -0.15) is 4.99 Å². The number of amidine groups is 1. The average Bonchev–Trinajstić information content (AvgIpc) is 3.29. The molecule has 0 saturated heterocycles. The van der Waals surface area contributed by atoms with Crippen molar-refractivity contribution < 1.29 is 14.3 Å². The first-order valence-corrected chi connectivity index (χ1v) is 10.1. The molecule has 8 heteroatoms. The molecule has 2 heterocycles. The van der Waals surface area contributed by atoms with Crippen LogP contribution in [0.3, 0.4) is 0 Å². The summed E-state index contributed by atoms with van der Waals surface area (Å²) in [6.07, 6.45) is 1.64. The summed E-state index contributed by atoms with van der Waals surface area (Å²) in [5.41, 5.74) is 1.41. The molecule has 2 aromatic carbocycles. The number of aliphatic imine (C=N–C) groups is 1. The molecule has 4 rings (SSSR count). The summed E-state index contributed by atoms with van der Waals surface area (Å²) in [5.74, 6) is 0.845. The van der Waals surface area contributed by atoms with Gasteiger partial charge >= 0.3 is 0 Å². The lowest BCUT2D eigenvalue weighted by Crippen LogP contribution is -2.21. The van der Waals surface area contributed by atoms with Crippen LogP contribution in [0.4, 0.5) is 5.69 Å². The second kappa shape index (κ2) is 7.99. The molecule has 0 unspecified atom stereocenters. The van der Waals surface area contributed by atoms with E-state index in [1.807, 2.05) is 0 Å². The van der Waals surface area contributed by atoms with Crippen LogP contribution in [0.5, 0.6) is 5.75 Å². The Morgan fingerprint density at radius 2 is 1.76 bits per heavy atom. The fraction of sp³-hybridized carbons (Fsp3) is 0.0476. The van der Waals surface area contributed by atoms with Gasteiger partial charge < -0.3 is 14.4 Å². The molecule has 0 radical (unpaired) electrons. The highest BCUT2D eigenvalue weighted by atomic mass is 35.5. The van der Waals surface area contributed by atoms with Gasteiger partial charge in [0.15, 0.2) is 5.17 Å². The minimum absolute atomic E-state index is 0.173. The normalized spacial score (nSPS) is 15.1. The van der Waals surface area contributed by atoms with E-state index in [1.165, 1.54) is 11.8 Å². The fourth-order valence-corrected chi connectivity index (χ4v) is 4.21. The number of benzene rings is 2. The van der Waals surface area contributed by atoms with Gasteiger partial charge in [-0.15, -0.1) is 0 Å². The Balaban J connectivity index is 1.55. The molecule has 0 spiro atoms. The molecule has 1 aromatic heterocycles. The average molecular weight is 445 g/mol. The summed E-state index contributed by atoms with van der Waals surface area (Å²) < 4.78 is 5.83. The third-order valence-electron chi connectivity index (χ3n) is 4.24. The maximum absolute atomic E-state index is 12.3. The smallest absolute Gasteiger partial charge is 0.286 e. The van der Waals surface area contributed by atoms with Crippen molar-refractivity contribution in [3.05, 3.63) is 75.3 Å². The van der Waals surface area contributed by atoms with E-state index < -0.39 is 0 Å². The Morgan fingerprint density at radius 3 is 2.45 bits per heavy atom. The number of phenolic OH excluding ortho intramolecular Hbond substituents is 1. The number of phenols is 1. The van der Waals surface area contributed by atoms with E-state index in [-0.39, 0.29) is 11.7 Å². The van der Waals surface area contributed by atoms with Crippen LogP contribution in [-0.4, -0.2) is 23.2 Å². The second-order valence-corrected chi connectivity index (χ2v) is 8.01. The van der Waals surface area contributed by atoms with Crippen LogP contribution in [0.2, 0.25) is 10.0 Å². The Bertz CT molecular complexity index is 1130. The predicted octanol–water partition coefficient (Wildman–Crippen LogP) is 6.07. The maximum atomic E-state index is 12.3. The lowest BCUT2D eigenvalue weighted by Gasteiger charge is -2.17. The van der Waals surface area contributed by atoms with Gasteiger partial charge in [-0.3, -0.25) is 4.79 Å². The summed E-state index contributed by atoms with van der Waals surface area (Å²) in [6.45, 7) is 0. The molecular formula is C21H14Cl2N2O3S. The largest absolute Gasteiger partial charge is 0.508 e. The van der Waals surface area contributed by atoms with Crippen molar-refractivity contribution in [1.29, 1.82) is 0 Å². The number of rotatable bonds is 3. The Morgan fingerprint density at radius 1 is 1.07 bits per heavy atom. The van der Waals surface area contributed by atoms with Crippen LogP contribution in [0, 0.1) is 0 Å². The van der Waals surface area contributed by atoms with E-state index in [0.29, 0.717) is 37.2 Å². The molecule has 1 N–H and O–H groups in total. The lowest BCUT2D eigenvalue weighted by molar-refractivity contribution is -0.113. The van der Waals surface area contributed by atoms with Gasteiger partial charge in [-0.05, 0) is 60.3 Å². The van der Waals surface area contributed by atoms with Gasteiger partial charge in [-0.1, -0.05) is 29.3 Å². The number of anilines is 1. The van der Waals surface area contributed by atoms with Gasteiger partial charge in [-0.25, -0.2) is 0 Å². The fourth-order valence-electron chi connectivity index (χ4n) is 2.76. The topological polar surface area (TPSA) is 66.0 Å². The van der Waals surface area contributed by atoms with Gasteiger partial charge in [0, 0.05) is 18.8 Å². The Labute approximate surface area is 181 Å². The zero-order chi connectivity index (χ0) is 20.5. The number of furan rings is 1. The molecule has 0 fully saturated rings. The lowest BCUT2D eigenvalue weighted by atomic mass is 10.2. The van der Waals surface area contributed by atoms with Gasteiger partial charge in [0.1, 0.15) is 17.3 Å². The van der Waals surface area contributed by atoms with E-state index in [2.05, 4.69) is 4.99 Å². The summed E-state index contributed by atoms with van der Waals surface area (Å²) in [5, 5.41) is 10.9. The number of amides is 1. The summed E-state index contributed by atoms with van der Waals surface area (Å²) >= 11 is 13.7. The summed E-state index contributed by atoms with van der Waals surface area (Å²) in [6, 6.07) is 15.4. The third kappa shape index (κ3) is 4.05. The molecule has 0 atom stereocenters. The van der Waals surface area contributed by atoms with Crippen molar-refractivity contribution >= 4 is 57.8 Å². The third-order valence-corrected chi connectivity index (χ3v) is 5.93. The summed E-state index contributed by atoms with van der Waals surface area (Å²) in [7, 11) is 1.80. The highest BCUT2D eigenvalue weighted by Gasteiger charge is 2.26. The molecule has 0 saturated carbocycles. The quantitative estimate of drug-likeness (QED) is 0.496. The molecule has 29 heavy (non-hydrogen) atoms. The van der Waals surface area contributed by atoms with Crippen molar-refractivity contribution in [3.8, 4) is 17.1 Å². The van der Waals surface area contributed by atoms with Crippen molar-refractivity contribution in [2.75, 3.05) is 11.9 Å². The monoisotopic (exact) mass is 444 g/mol. The van der Waals surface area contributed by atoms with Crippen molar-refractivity contribution in [3.63, 3.8) is 0 Å². The molecule has 1 amide bonds. The molecule has 0 aliphatic carbocycles. The molecule has 3 aromatic rings. The van der Waals surface area contributed by atoms with Crippen molar-refractivity contribution in [1.82, 2.24) is 0 Å². The number of hydrogen-bond donors (Lipinski definition) is 1. The minimum Gasteiger partial charge on any atom is -0.508 e. The highest BCUT2D eigenvalue weighted by molar-refractivity contribution is 8.18. The highest BCUT2D eigenvalue weighted by Crippen LogP contribution is 2.37. The number of carbonyl (C=O) groups excluding carboxylic acids is 1. The van der Waals surface area contributed by atoms with Gasteiger partial charge in [0.25, 0.3) is 5.91 Å². The van der Waals surface area contributed by atoms with Crippen LogP contribution in [0.15, 0.2) is 68.9 Å². The zero-order valence-electron chi connectivity index (χ0n) is 15.1. The predicted molar refractivity (Wildman–Crippen MR) is 119 cm³/mol. The Hall–Kier alpha value is -2.67. The molecular weight excluding hydrogens is 431 g/mol. The van der Waals surface area contributed by atoms with E-state index >= 15 is 0 Å². The number of halogens is 2. The molecule has 0 bridgehead atoms. The maximum Gasteiger partial charge on any atom is 0.286 e. The first-order chi connectivity index (χ1) is 13.9. The minimum atomic E-state index is -0.343. The number of carbonyl (C=O) groups is 1. The van der Waals surface area contributed by atoms with Crippen LogP contribution in [0.1, 0.15) is 5.76 Å². The van der Waals surface area contributed by atoms with Crippen LogP contribution in [0.25, 0.3) is 17.4 Å². The molecule has 5 nitrogen and oxygen atoms in total. The number of hydrogen-bond acceptors (Lipinski definition) is 5. The summed E-state index contributed by atoms with van der Waals surface area (Å²) in [4.78, 5) is 18.7. The van der Waals surface area contributed by atoms with Crippen LogP contribution in [-0.2, 0) is 4.79 Å². The van der Waals surface area contributed by atoms with Crippen LogP contribution < -0.4 is 4.90 Å². The number of aromatic hydroxyl groups is 1. The van der Waals surface area contributed by atoms with Crippen LogP contribution >= 0.6 is 35.0 Å². The van der Waals surface area contributed by atoms with E-state index in [1.54, 1.807) is 72.6 Å². The molecule has 146 valence electrons. The van der Waals surface area contributed by atoms with Gasteiger partial charge in [0.05, 0.1) is 20.5 Å². The van der Waals surface area contributed by atoms with Gasteiger partial charge in [0.2, 0.25) is 0 Å².